The number of amides is 3. The summed E-state index contributed by atoms with van der Waals surface area (Å²) in [7, 11) is 0. The number of carbonyl (C=O) groups excluding carboxylic acids is 3. The van der Waals surface area contributed by atoms with Gasteiger partial charge in [0.25, 0.3) is 11.8 Å². The van der Waals surface area contributed by atoms with E-state index in [4.69, 9.17) is 0 Å². The van der Waals surface area contributed by atoms with Gasteiger partial charge in [-0.05, 0) is 42.3 Å². The molecule has 2 aromatic carbocycles. The average Bonchev–Trinajstić information content (AvgIpc) is 3.33. The van der Waals surface area contributed by atoms with Crippen LogP contribution in [0.4, 0.5) is 0 Å². The molecule has 7 heteroatoms. The fourth-order valence-electron chi connectivity index (χ4n) is 3.17. The number of imide groups is 1. The predicted octanol–water partition coefficient (Wildman–Crippen LogP) is 1.83. The van der Waals surface area contributed by atoms with Crippen molar-refractivity contribution >= 4 is 17.7 Å². The molecular formula is C21H18N4O3. The van der Waals surface area contributed by atoms with E-state index in [1.54, 1.807) is 35.1 Å². The summed E-state index contributed by atoms with van der Waals surface area (Å²) in [6, 6.07) is 16.3. The number of aromatic nitrogens is 2. The molecule has 28 heavy (non-hydrogen) atoms. The highest BCUT2D eigenvalue weighted by molar-refractivity contribution is 6.22. The first kappa shape index (κ1) is 17.7. The van der Waals surface area contributed by atoms with Crippen LogP contribution in [0.15, 0.2) is 67.0 Å². The average molecular weight is 374 g/mol. The lowest BCUT2D eigenvalue weighted by Crippen LogP contribution is -2.40. The molecule has 0 unspecified atom stereocenters. The monoisotopic (exact) mass is 374 g/mol. The Morgan fingerprint density at radius 1 is 0.929 bits per heavy atom. The molecule has 0 atom stereocenters. The lowest BCUT2D eigenvalue weighted by Gasteiger charge is -2.13. The Morgan fingerprint density at radius 3 is 2.21 bits per heavy atom. The summed E-state index contributed by atoms with van der Waals surface area (Å²) >= 11 is 0. The third-order valence-corrected chi connectivity index (χ3v) is 4.62. The van der Waals surface area contributed by atoms with Gasteiger partial charge in [-0.3, -0.25) is 19.3 Å². The van der Waals surface area contributed by atoms with Crippen molar-refractivity contribution in [2.75, 3.05) is 13.1 Å². The van der Waals surface area contributed by atoms with Crippen LogP contribution in [0.1, 0.15) is 26.3 Å². The van der Waals surface area contributed by atoms with Crippen LogP contribution in [-0.2, 0) is 11.2 Å². The van der Waals surface area contributed by atoms with E-state index in [-0.39, 0.29) is 12.5 Å². The van der Waals surface area contributed by atoms with Crippen molar-refractivity contribution in [3.05, 3.63) is 83.7 Å². The lowest BCUT2D eigenvalue weighted by atomic mass is 10.1. The fraction of sp³-hybridized carbons (Fsp3) is 0.143. The summed E-state index contributed by atoms with van der Waals surface area (Å²) in [6.45, 7) is 0.147. The Morgan fingerprint density at radius 2 is 1.61 bits per heavy atom. The smallest absolute Gasteiger partial charge is 0.262 e. The van der Waals surface area contributed by atoms with Crippen LogP contribution >= 0.6 is 0 Å². The van der Waals surface area contributed by atoms with E-state index < -0.39 is 11.8 Å². The zero-order chi connectivity index (χ0) is 19.5. The van der Waals surface area contributed by atoms with Gasteiger partial charge in [0.2, 0.25) is 5.91 Å². The molecule has 0 spiro atoms. The molecule has 0 fully saturated rings. The first-order chi connectivity index (χ1) is 13.6. The van der Waals surface area contributed by atoms with E-state index in [2.05, 4.69) is 10.4 Å². The Bertz CT molecular complexity index is 991. The molecular weight excluding hydrogens is 356 g/mol. The molecule has 0 bridgehead atoms. The summed E-state index contributed by atoms with van der Waals surface area (Å²) in [5.74, 6) is -1.21. The zero-order valence-electron chi connectivity index (χ0n) is 15.0. The van der Waals surface area contributed by atoms with Crippen molar-refractivity contribution in [2.24, 2.45) is 0 Å². The summed E-state index contributed by atoms with van der Waals surface area (Å²) in [5.41, 5.74) is 2.72. The molecule has 0 aliphatic carbocycles. The molecule has 3 amide bonds. The largest absolute Gasteiger partial charge is 0.354 e. The number of hydrogen-bond donors (Lipinski definition) is 1. The molecule has 0 radical (unpaired) electrons. The highest BCUT2D eigenvalue weighted by Gasteiger charge is 2.36. The second-order valence-corrected chi connectivity index (χ2v) is 6.46. The summed E-state index contributed by atoms with van der Waals surface area (Å²) in [6.07, 6.45) is 4.24. The Labute approximate surface area is 161 Å². The van der Waals surface area contributed by atoms with Gasteiger partial charge in [-0.25, -0.2) is 4.68 Å². The summed E-state index contributed by atoms with van der Waals surface area (Å²) in [5, 5.41) is 6.94. The van der Waals surface area contributed by atoms with E-state index in [1.807, 2.05) is 36.5 Å². The van der Waals surface area contributed by atoms with Crippen LogP contribution in [0.3, 0.4) is 0 Å². The maximum atomic E-state index is 12.3. The molecule has 0 saturated carbocycles. The number of benzene rings is 2. The summed E-state index contributed by atoms with van der Waals surface area (Å²) in [4.78, 5) is 37.7. The number of fused-ring (bicyclic) bond motifs is 1. The topological polar surface area (TPSA) is 84.3 Å². The number of hydrogen-bond acceptors (Lipinski definition) is 4. The first-order valence-electron chi connectivity index (χ1n) is 8.94. The first-order valence-corrected chi connectivity index (χ1v) is 8.94. The van der Waals surface area contributed by atoms with Crippen LogP contribution in [0.25, 0.3) is 5.69 Å². The van der Waals surface area contributed by atoms with E-state index in [0.717, 1.165) is 16.2 Å². The lowest BCUT2D eigenvalue weighted by molar-refractivity contribution is -0.121. The van der Waals surface area contributed by atoms with Crippen LogP contribution in [0, 0.1) is 0 Å². The third kappa shape index (κ3) is 3.42. The SMILES string of the molecule is O=C(CN1C(=O)c2ccccc2C1=O)NCCc1ccc(-n2cccn2)cc1. The van der Waals surface area contributed by atoms with Crippen molar-refractivity contribution in [3.8, 4) is 5.69 Å². The molecule has 1 aliphatic heterocycles. The molecule has 3 aromatic rings. The van der Waals surface area contributed by atoms with Gasteiger partial charge in [0.05, 0.1) is 16.8 Å². The second-order valence-electron chi connectivity index (χ2n) is 6.46. The Kier molecular flexibility index (Phi) is 4.72. The van der Waals surface area contributed by atoms with Gasteiger partial charge in [0, 0.05) is 18.9 Å². The van der Waals surface area contributed by atoms with Crippen molar-refractivity contribution in [3.63, 3.8) is 0 Å². The molecule has 1 N–H and O–H groups in total. The third-order valence-electron chi connectivity index (χ3n) is 4.62. The maximum absolute atomic E-state index is 12.3. The van der Waals surface area contributed by atoms with Crippen molar-refractivity contribution in [1.82, 2.24) is 20.0 Å². The number of nitrogens with zero attached hydrogens (tertiary/aromatic N) is 3. The molecule has 7 nitrogen and oxygen atoms in total. The van der Waals surface area contributed by atoms with E-state index in [0.29, 0.717) is 24.1 Å². The van der Waals surface area contributed by atoms with Gasteiger partial charge >= 0.3 is 0 Å². The molecule has 2 heterocycles. The van der Waals surface area contributed by atoms with Crippen LogP contribution < -0.4 is 5.32 Å². The van der Waals surface area contributed by atoms with Gasteiger partial charge < -0.3 is 5.32 Å². The molecule has 4 rings (SSSR count). The van der Waals surface area contributed by atoms with Crippen molar-refractivity contribution in [2.45, 2.75) is 6.42 Å². The maximum Gasteiger partial charge on any atom is 0.262 e. The van der Waals surface area contributed by atoms with Crippen LogP contribution in [0.2, 0.25) is 0 Å². The van der Waals surface area contributed by atoms with Gasteiger partial charge in [-0.2, -0.15) is 5.10 Å². The van der Waals surface area contributed by atoms with Crippen LogP contribution in [0.5, 0.6) is 0 Å². The van der Waals surface area contributed by atoms with Crippen molar-refractivity contribution in [1.29, 1.82) is 0 Å². The quantitative estimate of drug-likeness (QED) is 0.667. The standard InChI is InChI=1S/C21H18N4O3/c26-19(14-24-20(27)17-4-1-2-5-18(17)21(24)28)22-12-10-15-6-8-16(9-7-15)25-13-3-11-23-25/h1-9,11,13H,10,12,14H2,(H,22,26). The Hall–Kier alpha value is -3.74. The van der Waals surface area contributed by atoms with Crippen LogP contribution in [-0.4, -0.2) is 45.5 Å². The van der Waals surface area contributed by atoms with Gasteiger partial charge in [-0.15, -0.1) is 0 Å². The fourth-order valence-corrected chi connectivity index (χ4v) is 3.17. The minimum atomic E-state index is -0.426. The number of nitrogens with one attached hydrogen (secondary N) is 1. The van der Waals surface area contributed by atoms with Gasteiger partial charge in [-0.1, -0.05) is 24.3 Å². The summed E-state index contributed by atoms with van der Waals surface area (Å²) < 4.78 is 1.77. The second kappa shape index (κ2) is 7.48. The zero-order valence-corrected chi connectivity index (χ0v) is 15.0. The van der Waals surface area contributed by atoms with Gasteiger partial charge in [0.15, 0.2) is 0 Å². The van der Waals surface area contributed by atoms with E-state index in [9.17, 15) is 14.4 Å². The normalized spacial score (nSPS) is 12.9. The predicted molar refractivity (Wildman–Crippen MR) is 102 cm³/mol. The van der Waals surface area contributed by atoms with Gasteiger partial charge in [0.1, 0.15) is 6.54 Å². The molecule has 140 valence electrons. The number of rotatable bonds is 6. The minimum absolute atomic E-state index is 0.273. The highest BCUT2D eigenvalue weighted by atomic mass is 16.2. The molecule has 1 aromatic heterocycles. The van der Waals surface area contributed by atoms with E-state index in [1.165, 1.54) is 0 Å². The minimum Gasteiger partial charge on any atom is -0.354 e. The molecule has 1 aliphatic rings. The van der Waals surface area contributed by atoms with Crippen molar-refractivity contribution < 1.29 is 14.4 Å². The van der Waals surface area contributed by atoms with E-state index >= 15 is 0 Å². The Balaban J connectivity index is 1.28. The molecule has 0 saturated heterocycles. The number of carbonyl (C=O) groups is 3. The highest BCUT2D eigenvalue weighted by Crippen LogP contribution is 2.21.